The minimum Gasteiger partial charge on any atom is -0.478 e. The summed E-state index contributed by atoms with van der Waals surface area (Å²) in [5.41, 5.74) is 0.283. The van der Waals surface area contributed by atoms with Crippen LogP contribution in [0.4, 0.5) is 58.4 Å². The summed E-state index contributed by atoms with van der Waals surface area (Å²) in [5, 5.41) is 18.3. The first-order valence-corrected chi connectivity index (χ1v) is 13.9. The lowest BCUT2D eigenvalue weighted by Crippen LogP contribution is -2.08. The molecule has 5 nitrogen and oxygen atoms in total. The van der Waals surface area contributed by atoms with Crippen molar-refractivity contribution in [3.63, 3.8) is 0 Å². The number of rotatable bonds is 4. The molecule has 17 heteroatoms. The van der Waals surface area contributed by atoms with Gasteiger partial charge in [0.25, 0.3) is 0 Å². The molecule has 5 rings (SSSR count). The number of benzene rings is 5. The zero-order valence-electron chi connectivity index (χ0n) is 25.0. The maximum atomic E-state index is 12.9. The van der Waals surface area contributed by atoms with Crippen LogP contribution in [0.1, 0.15) is 58.6 Å². The summed E-state index contributed by atoms with van der Waals surface area (Å²) in [6.45, 7) is 0. The fraction of sp³-hybridized carbons (Fsp3) is 0.167. The number of anilines is 1. The first kappa shape index (κ1) is 43.4. The molecule has 0 unspecified atom stereocenters. The number of fused-ring (bicyclic) bond motifs is 3. The van der Waals surface area contributed by atoms with E-state index >= 15 is 0 Å². The number of carboxylic acids is 2. The Hall–Kier alpha value is -5.74. The van der Waals surface area contributed by atoms with Gasteiger partial charge in [-0.1, -0.05) is 45.2 Å². The van der Waals surface area contributed by atoms with Crippen LogP contribution in [0.15, 0.2) is 84.9 Å². The molecule has 0 aliphatic heterocycles. The highest BCUT2D eigenvalue weighted by Gasteiger charge is 2.34. The first-order chi connectivity index (χ1) is 23.4. The fourth-order valence-electron chi connectivity index (χ4n) is 4.85. The van der Waals surface area contributed by atoms with E-state index in [1.807, 2.05) is 0 Å². The Kier molecular flexibility index (Phi) is 12.7. The minimum atomic E-state index is -4.71. The molecule has 0 saturated heterocycles. The number of halogens is 12. The van der Waals surface area contributed by atoms with Crippen LogP contribution >= 0.6 is 0 Å². The van der Waals surface area contributed by atoms with Crippen molar-refractivity contribution in [3.8, 4) is 0 Å². The molecular formula is C36H27F12NO4. The Balaban J connectivity index is 0.000000354. The highest BCUT2D eigenvalue weighted by molar-refractivity contribution is 6.22. The number of hydrogen-bond donors (Lipinski definition) is 3. The van der Waals surface area contributed by atoms with Crippen molar-refractivity contribution in [1.82, 2.24) is 0 Å². The smallest absolute Gasteiger partial charge is 0.416 e. The zero-order valence-corrected chi connectivity index (χ0v) is 25.0. The van der Waals surface area contributed by atoms with E-state index in [2.05, 4.69) is 0 Å². The van der Waals surface area contributed by atoms with E-state index in [0.29, 0.717) is 24.3 Å². The maximum absolute atomic E-state index is 12.9. The van der Waals surface area contributed by atoms with Crippen LogP contribution in [0.25, 0.3) is 33.2 Å². The standard InChI is InChI=1S/C17H11F6NO2.C17H8F6O2.2CH4/c18-16(19,20)10-3-1-9(2-4-10)7-13(15(25)26)12-6-5-11(8-14(12)24)17(21,22)23;18-16(19,20)9-2-1-8-5-14(15(24)25)11-4-3-10(17(21,22)23)7-13(11)12(8)6-9;;/h1-8H,24H2,(H,25,26);1-7H,(H,24,25);2*1H4/b13-7+;;;. The summed E-state index contributed by atoms with van der Waals surface area (Å²) in [6.07, 6.45) is -17.5. The molecule has 0 amide bonds. The molecule has 53 heavy (non-hydrogen) atoms. The molecule has 0 aliphatic carbocycles. The number of nitrogen functional groups attached to an aromatic ring is 1. The van der Waals surface area contributed by atoms with Gasteiger partial charge in [0.05, 0.1) is 33.4 Å². The molecule has 0 heterocycles. The number of hydrogen-bond acceptors (Lipinski definition) is 3. The average Bonchev–Trinajstić information content (AvgIpc) is 3.01. The number of carboxylic acid groups (broad SMARTS) is 2. The lowest BCUT2D eigenvalue weighted by molar-refractivity contribution is -0.138. The predicted octanol–water partition coefficient (Wildman–Crippen LogP) is 11.9. The van der Waals surface area contributed by atoms with Crippen LogP contribution < -0.4 is 5.73 Å². The lowest BCUT2D eigenvalue weighted by atomic mass is 9.94. The average molecular weight is 766 g/mol. The quantitative estimate of drug-likeness (QED) is 0.0556. The van der Waals surface area contributed by atoms with Gasteiger partial charge in [0, 0.05) is 11.3 Å². The monoisotopic (exact) mass is 765 g/mol. The minimum absolute atomic E-state index is 0. The molecular weight excluding hydrogens is 738 g/mol. The Labute approximate surface area is 292 Å². The molecule has 0 fully saturated rings. The summed E-state index contributed by atoms with van der Waals surface area (Å²) in [6, 6.07) is 11.8. The van der Waals surface area contributed by atoms with Crippen molar-refractivity contribution in [3.05, 3.63) is 124 Å². The molecule has 5 aromatic carbocycles. The van der Waals surface area contributed by atoms with Crippen LogP contribution in [0.3, 0.4) is 0 Å². The van der Waals surface area contributed by atoms with Crippen LogP contribution in [-0.4, -0.2) is 22.2 Å². The second kappa shape index (κ2) is 15.5. The van der Waals surface area contributed by atoms with Crippen molar-refractivity contribution in [2.45, 2.75) is 39.6 Å². The van der Waals surface area contributed by atoms with E-state index in [1.165, 1.54) is 0 Å². The summed E-state index contributed by atoms with van der Waals surface area (Å²) in [4.78, 5) is 22.8. The number of alkyl halides is 12. The van der Waals surface area contributed by atoms with Crippen molar-refractivity contribution in [2.24, 2.45) is 0 Å². The highest BCUT2D eigenvalue weighted by Crippen LogP contribution is 2.39. The molecule has 0 radical (unpaired) electrons. The van der Waals surface area contributed by atoms with E-state index < -0.39 is 70.2 Å². The molecule has 0 atom stereocenters. The van der Waals surface area contributed by atoms with E-state index in [1.54, 1.807) is 0 Å². The van der Waals surface area contributed by atoms with Crippen LogP contribution in [0.2, 0.25) is 0 Å². The number of aromatic carboxylic acids is 1. The third-order valence-corrected chi connectivity index (χ3v) is 7.29. The summed E-state index contributed by atoms with van der Waals surface area (Å²) in [5.74, 6) is -2.87. The SMILES string of the molecule is C.C.Nc1cc(C(F)(F)F)ccc1/C(=C\c1ccc(C(F)(F)F)cc1)C(=O)O.O=C(O)c1cc2ccc(C(F)(F)F)cc2c2cc(C(F)(F)F)ccc12. The predicted molar refractivity (Wildman–Crippen MR) is 175 cm³/mol. The number of nitrogens with two attached hydrogens (primary N) is 1. The molecule has 284 valence electrons. The largest absolute Gasteiger partial charge is 0.478 e. The van der Waals surface area contributed by atoms with Gasteiger partial charge in [-0.25, -0.2) is 9.59 Å². The normalized spacial score (nSPS) is 12.3. The Morgan fingerprint density at radius 3 is 1.40 bits per heavy atom. The molecule has 0 spiro atoms. The second-order valence-electron chi connectivity index (χ2n) is 10.7. The van der Waals surface area contributed by atoms with E-state index in [0.717, 1.165) is 66.7 Å². The fourth-order valence-corrected chi connectivity index (χ4v) is 4.85. The van der Waals surface area contributed by atoms with Gasteiger partial charge in [-0.15, -0.1) is 0 Å². The van der Waals surface area contributed by atoms with Gasteiger partial charge in [-0.3, -0.25) is 0 Å². The van der Waals surface area contributed by atoms with Gasteiger partial charge in [0.1, 0.15) is 0 Å². The van der Waals surface area contributed by atoms with Gasteiger partial charge in [-0.05, 0) is 87.8 Å². The van der Waals surface area contributed by atoms with E-state index in [4.69, 9.17) is 5.73 Å². The van der Waals surface area contributed by atoms with Crippen molar-refractivity contribution in [1.29, 1.82) is 0 Å². The third kappa shape index (κ3) is 9.99. The topological polar surface area (TPSA) is 101 Å². The van der Waals surface area contributed by atoms with Gasteiger partial charge >= 0.3 is 36.6 Å². The lowest BCUT2D eigenvalue weighted by Gasteiger charge is -2.13. The maximum Gasteiger partial charge on any atom is 0.416 e. The van der Waals surface area contributed by atoms with Crippen molar-refractivity contribution < 1.29 is 72.5 Å². The van der Waals surface area contributed by atoms with E-state index in [9.17, 15) is 72.5 Å². The Morgan fingerprint density at radius 2 is 0.943 bits per heavy atom. The van der Waals surface area contributed by atoms with Gasteiger partial charge in [0.2, 0.25) is 0 Å². The van der Waals surface area contributed by atoms with Gasteiger partial charge < -0.3 is 15.9 Å². The number of carbonyl (C=O) groups is 2. The summed E-state index contributed by atoms with van der Waals surface area (Å²) >= 11 is 0. The van der Waals surface area contributed by atoms with Gasteiger partial charge in [0.15, 0.2) is 0 Å². The van der Waals surface area contributed by atoms with Gasteiger partial charge in [-0.2, -0.15) is 52.7 Å². The van der Waals surface area contributed by atoms with Crippen LogP contribution in [0.5, 0.6) is 0 Å². The second-order valence-corrected chi connectivity index (χ2v) is 10.7. The third-order valence-electron chi connectivity index (χ3n) is 7.29. The van der Waals surface area contributed by atoms with E-state index in [-0.39, 0.29) is 53.1 Å². The Bertz CT molecular complexity index is 2160. The molecule has 4 N–H and O–H groups in total. The first-order valence-electron chi connectivity index (χ1n) is 13.9. The van der Waals surface area contributed by atoms with Crippen LogP contribution in [0, 0.1) is 0 Å². The van der Waals surface area contributed by atoms with Crippen molar-refractivity contribution >= 4 is 50.8 Å². The molecule has 5 aromatic rings. The summed E-state index contributed by atoms with van der Waals surface area (Å²) < 4.78 is 153. The molecule has 0 bridgehead atoms. The van der Waals surface area contributed by atoms with Crippen LogP contribution in [-0.2, 0) is 29.5 Å². The molecule has 0 aliphatic rings. The highest BCUT2D eigenvalue weighted by atomic mass is 19.4. The zero-order chi connectivity index (χ0) is 38.3. The number of aliphatic carboxylic acids is 1. The summed E-state index contributed by atoms with van der Waals surface area (Å²) in [7, 11) is 0. The molecule has 0 saturated carbocycles. The Morgan fingerprint density at radius 1 is 0.509 bits per heavy atom. The molecule has 0 aromatic heterocycles. The van der Waals surface area contributed by atoms with Crippen molar-refractivity contribution in [2.75, 3.05) is 5.73 Å².